The van der Waals surface area contributed by atoms with Crippen LogP contribution < -0.4 is 15.0 Å². The number of rotatable bonds is 6. The summed E-state index contributed by atoms with van der Waals surface area (Å²) in [5, 5.41) is 5.62. The third kappa shape index (κ3) is 4.40. The number of para-hydroxylation sites is 1. The van der Waals surface area contributed by atoms with E-state index >= 15 is 0 Å². The summed E-state index contributed by atoms with van der Waals surface area (Å²) in [6.45, 7) is 1.78. The first-order valence-electron chi connectivity index (χ1n) is 11.0. The molecule has 2 amide bonds. The average Bonchev–Trinajstić information content (AvgIpc) is 3.37. The summed E-state index contributed by atoms with van der Waals surface area (Å²) < 4.78 is 5.94. The third-order valence-electron chi connectivity index (χ3n) is 5.47. The van der Waals surface area contributed by atoms with Gasteiger partial charge in [-0.25, -0.2) is 4.98 Å². The predicted molar refractivity (Wildman–Crippen MR) is 133 cm³/mol. The van der Waals surface area contributed by atoms with Gasteiger partial charge in [-0.1, -0.05) is 31.2 Å². The molecule has 4 aromatic rings. The van der Waals surface area contributed by atoms with Crippen molar-refractivity contribution in [2.45, 2.75) is 19.4 Å². The Morgan fingerprint density at radius 3 is 2.68 bits per heavy atom. The zero-order valence-electron chi connectivity index (χ0n) is 18.5. The SMILES string of the molecule is CCC1Oc2ccc(-c3csc(-c4ccccn4)n3)cc2N(CC(=O)Nc2ccccc2)C1=O. The Labute approximate surface area is 201 Å². The number of anilines is 2. The smallest absolute Gasteiger partial charge is 0.268 e. The monoisotopic (exact) mass is 470 g/mol. The zero-order valence-corrected chi connectivity index (χ0v) is 19.3. The van der Waals surface area contributed by atoms with Crippen molar-refractivity contribution >= 4 is 34.5 Å². The number of nitrogens with zero attached hydrogens (tertiary/aromatic N) is 3. The van der Waals surface area contributed by atoms with Gasteiger partial charge in [0.1, 0.15) is 17.3 Å². The molecule has 5 rings (SSSR count). The molecule has 0 aliphatic carbocycles. The van der Waals surface area contributed by atoms with Gasteiger partial charge in [-0.3, -0.25) is 19.5 Å². The minimum atomic E-state index is -0.627. The first kappa shape index (κ1) is 21.8. The second-order valence-electron chi connectivity index (χ2n) is 7.79. The molecule has 34 heavy (non-hydrogen) atoms. The maximum absolute atomic E-state index is 13.1. The van der Waals surface area contributed by atoms with Crippen LogP contribution in [0.2, 0.25) is 0 Å². The second-order valence-corrected chi connectivity index (χ2v) is 8.65. The molecule has 2 aromatic heterocycles. The van der Waals surface area contributed by atoms with Crippen molar-refractivity contribution in [3.63, 3.8) is 0 Å². The van der Waals surface area contributed by atoms with E-state index in [1.807, 2.05) is 66.9 Å². The number of nitrogens with one attached hydrogen (secondary N) is 1. The minimum absolute atomic E-state index is 0.111. The maximum Gasteiger partial charge on any atom is 0.268 e. The van der Waals surface area contributed by atoms with Gasteiger partial charge in [0.15, 0.2) is 6.10 Å². The first-order valence-corrected chi connectivity index (χ1v) is 11.8. The van der Waals surface area contributed by atoms with E-state index in [2.05, 4.69) is 10.3 Å². The molecule has 0 spiro atoms. The number of thiazole rings is 1. The highest BCUT2D eigenvalue weighted by Gasteiger charge is 2.34. The van der Waals surface area contributed by atoms with E-state index in [9.17, 15) is 9.59 Å². The summed E-state index contributed by atoms with van der Waals surface area (Å²) in [6.07, 6.45) is 1.62. The molecule has 1 N–H and O–H groups in total. The van der Waals surface area contributed by atoms with E-state index in [-0.39, 0.29) is 18.4 Å². The Morgan fingerprint density at radius 2 is 1.91 bits per heavy atom. The van der Waals surface area contributed by atoms with E-state index in [0.717, 1.165) is 22.0 Å². The van der Waals surface area contributed by atoms with Crippen molar-refractivity contribution in [1.29, 1.82) is 0 Å². The predicted octanol–water partition coefficient (Wildman–Crippen LogP) is 5.01. The fourth-order valence-corrected chi connectivity index (χ4v) is 4.59. The number of pyridine rings is 1. The summed E-state index contributed by atoms with van der Waals surface area (Å²) >= 11 is 1.50. The molecule has 0 radical (unpaired) electrons. The summed E-state index contributed by atoms with van der Waals surface area (Å²) in [5.74, 6) is 0.0597. The molecule has 0 saturated heterocycles. The van der Waals surface area contributed by atoms with Crippen LogP contribution >= 0.6 is 11.3 Å². The third-order valence-corrected chi connectivity index (χ3v) is 6.34. The molecular weight excluding hydrogens is 448 g/mol. The molecule has 0 bridgehead atoms. The van der Waals surface area contributed by atoms with Crippen LogP contribution in [0.3, 0.4) is 0 Å². The van der Waals surface area contributed by atoms with Crippen LogP contribution in [0, 0.1) is 0 Å². The van der Waals surface area contributed by atoms with Crippen LogP contribution in [0.1, 0.15) is 13.3 Å². The van der Waals surface area contributed by atoms with Gasteiger partial charge >= 0.3 is 0 Å². The largest absolute Gasteiger partial charge is 0.478 e. The summed E-state index contributed by atoms with van der Waals surface area (Å²) in [4.78, 5) is 36.5. The molecule has 0 fully saturated rings. The van der Waals surface area contributed by atoms with Crippen molar-refractivity contribution in [1.82, 2.24) is 9.97 Å². The highest BCUT2D eigenvalue weighted by atomic mass is 32.1. The Kier molecular flexibility index (Phi) is 6.05. The molecular formula is C26H22N4O3S. The van der Waals surface area contributed by atoms with Crippen LogP contribution in [0.15, 0.2) is 78.3 Å². The summed E-state index contributed by atoms with van der Waals surface area (Å²) in [5.41, 5.74) is 3.64. The molecule has 1 atom stereocenters. The first-order chi connectivity index (χ1) is 16.6. The maximum atomic E-state index is 13.1. The second kappa shape index (κ2) is 9.44. The molecule has 1 aliphatic heterocycles. The standard InChI is InChI=1S/C26H22N4O3S/c1-2-22-26(32)30(15-24(31)28-18-8-4-3-5-9-18)21-14-17(11-12-23(21)33-22)20-16-34-25(29-20)19-10-6-7-13-27-19/h3-14,16,22H,2,15H2,1H3,(H,28,31). The molecule has 2 aromatic carbocycles. The number of carbonyl (C=O) groups excluding carboxylic acids is 2. The number of ether oxygens (including phenoxy) is 1. The van der Waals surface area contributed by atoms with Crippen LogP contribution in [-0.4, -0.2) is 34.4 Å². The zero-order chi connectivity index (χ0) is 23.5. The number of carbonyl (C=O) groups is 2. The van der Waals surface area contributed by atoms with Crippen molar-refractivity contribution in [3.8, 4) is 27.7 Å². The number of aromatic nitrogens is 2. The molecule has 7 nitrogen and oxygen atoms in total. The van der Waals surface area contributed by atoms with Gasteiger partial charge in [-0.05, 0) is 48.9 Å². The van der Waals surface area contributed by atoms with Gasteiger partial charge in [-0.2, -0.15) is 0 Å². The number of benzene rings is 2. The molecule has 170 valence electrons. The van der Waals surface area contributed by atoms with E-state index in [4.69, 9.17) is 9.72 Å². The van der Waals surface area contributed by atoms with Gasteiger partial charge in [-0.15, -0.1) is 11.3 Å². The lowest BCUT2D eigenvalue weighted by molar-refractivity contribution is -0.128. The highest BCUT2D eigenvalue weighted by Crippen LogP contribution is 2.39. The lowest BCUT2D eigenvalue weighted by Gasteiger charge is -2.34. The van der Waals surface area contributed by atoms with Crippen molar-refractivity contribution in [2.75, 3.05) is 16.8 Å². The Balaban J connectivity index is 1.45. The van der Waals surface area contributed by atoms with E-state index in [1.165, 1.54) is 16.2 Å². The normalized spacial score (nSPS) is 14.9. The highest BCUT2D eigenvalue weighted by molar-refractivity contribution is 7.13. The molecule has 0 saturated carbocycles. The van der Waals surface area contributed by atoms with Gasteiger partial charge in [0.2, 0.25) is 5.91 Å². The summed E-state index contributed by atoms with van der Waals surface area (Å²) in [6, 6.07) is 20.5. The fraction of sp³-hybridized carbons (Fsp3) is 0.154. The topological polar surface area (TPSA) is 84.4 Å². The fourth-order valence-electron chi connectivity index (χ4n) is 3.78. The van der Waals surface area contributed by atoms with Crippen molar-refractivity contribution < 1.29 is 14.3 Å². The molecule has 3 heterocycles. The summed E-state index contributed by atoms with van der Waals surface area (Å²) in [7, 11) is 0. The Hall–Kier alpha value is -4.04. The van der Waals surface area contributed by atoms with Crippen LogP contribution in [0.5, 0.6) is 5.75 Å². The number of fused-ring (bicyclic) bond motifs is 1. The van der Waals surface area contributed by atoms with E-state index in [1.54, 1.807) is 18.3 Å². The van der Waals surface area contributed by atoms with Crippen molar-refractivity contribution in [2.24, 2.45) is 0 Å². The minimum Gasteiger partial charge on any atom is -0.478 e. The Morgan fingerprint density at radius 1 is 1.09 bits per heavy atom. The molecule has 1 aliphatic rings. The molecule has 8 heteroatoms. The van der Waals surface area contributed by atoms with Gasteiger partial charge in [0.25, 0.3) is 5.91 Å². The average molecular weight is 471 g/mol. The quantitative estimate of drug-likeness (QED) is 0.428. The van der Waals surface area contributed by atoms with Crippen LogP contribution in [0.25, 0.3) is 22.0 Å². The van der Waals surface area contributed by atoms with Gasteiger partial charge in [0, 0.05) is 22.8 Å². The van der Waals surface area contributed by atoms with Gasteiger partial charge in [0.05, 0.1) is 17.1 Å². The van der Waals surface area contributed by atoms with Crippen LogP contribution in [0.4, 0.5) is 11.4 Å². The number of hydrogen-bond acceptors (Lipinski definition) is 6. The van der Waals surface area contributed by atoms with Crippen LogP contribution in [-0.2, 0) is 9.59 Å². The number of hydrogen-bond donors (Lipinski definition) is 1. The van der Waals surface area contributed by atoms with E-state index < -0.39 is 6.10 Å². The lowest BCUT2D eigenvalue weighted by atomic mass is 10.1. The number of amides is 2. The lowest BCUT2D eigenvalue weighted by Crippen LogP contribution is -2.48. The van der Waals surface area contributed by atoms with Crippen molar-refractivity contribution in [3.05, 3.63) is 78.3 Å². The molecule has 1 unspecified atom stereocenters. The Bertz CT molecular complexity index is 1320. The van der Waals surface area contributed by atoms with Gasteiger partial charge < -0.3 is 10.1 Å². The van der Waals surface area contributed by atoms with E-state index in [0.29, 0.717) is 23.5 Å².